The lowest BCUT2D eigenvalue weighted by atomic mass is 9.82. The smallest absolute Gasteiger partial charge is 0.336 e. The molecule has 0 bridgehead atoms. The summed E-state index contributed by atoms with van der Waals surface area (Å²) in [5, 5.41) is 19.3. The first-order valence-corrected chi connectivity index (χ1v) is 13.2. The number of esters is 1. The molecule has 4 rings (SSSR count). The molecule has 1 heterocycles. The van der Waals surface area contributed by atoms with Gasteiger partial charge in [-0.3, -0.25) is 4.79 Å². The van der Waals surface area contributed by atoms with Gasteiger partial charge in [0.25, 0.3) is 0 Å². The highest BCUT2D eigenvalue weighted by atomic mass is 35.5. The van der Waals surface area contributed by atoms with Crippen molar-refractivity contribution in [3.8, 4) is 6.07 Å². The second-order valence-electron chi connectivity index (χ2n) is 8.50. The van der Waals surface area contributed by atoms with Gasteiger partial charge in [-0.05, 0) is 36.1 Å². The van der Waals surface area contributed by atoms with Crippen molar-refractivity contribution >= 4 is 51.7 Å². The van der Waals surface area contributed by atoms with Gasteiger partial charge in [-0.1, -0.05) is 71.9 Å². The molecule has 1 aliphatic heterocycles. The molecule has 0 saturated heterocycles. The monoisotopic (exact) mass is 547 g/mol. The van der Waals surface area contributed by atoms with E-state index in [9.17, 15) is 14.9 Å². The number of carbonyl (C=O) groups is 2. The lowest BCUT2D eigenvalue weighted by Gasteiger charge is -2.29. The predicted octanol–water partition coefficient (Wildman–Crippen LogP) is 5.75. The van der Waals surface area contributed by atoms with Crippen LogP contribution in [0, 0.1) is 11.3 Å². The number of benzene rings is 3. The number of nitrogens with one attached hydrogen (secondary N) is 2. The van der Waals surface area contributed by atoms with Crippen LogP contribution in [0.5, 0.6) is 0 Å². The molecule has 3 aromatic carbocycles. The zero-order valence-corrected chi connectivity index (χ0v) is 22.5. The Bertz CT molecular complexity index is 1460. The van der Waals surface area contributed by atoms with Crippen molar-refractivity contribution in [1.82, 2.24) is 5.32 Å². The highest BCUT2D eigenvalue weighted by Gasteiger charge is 2.35. The van der Waals surface area contributed by atoms with Gasteiger partial charge in [0.2, 0.25) is 5.91 Å². The normalized spacial score (nSPS) is 15.2. The average molecular weight is 548 g/mol. The quantitative estimate of drug-likeness (QED) is 0.260. The number of amides is 1. The van der Waals surface area contributed by atoms with Crippen LogP contribution in [0.3, 0.4) is 0 Å². The second kappa shape index (κ2) is 12.7. The lowest BCUT2D eigenvalue weighted by Crippen LogP contribution is -2.29. The highest BCUT2D eigenvalue weighted by Crippen LogP contribution is 2.41. The summed E-state index contributed by atoms with van der Waals surface area (Å²) in [6.07, 6.45) is 0. The van der Waals surface area contributed by atoms with Crippen LogP contribution in [-0.4, -0.2) is 38.0 Å². The number of dihydropyridines is 1. The van der Waals surface area contributed by atoms with E-state index in [0.717, 1.165) is 16.5 Å². The molecule has 1 aliphatic rings. The number of halogens is 1. The maximum atomic E-state index is 13.1. The molecule has 0 fully saturated rings. The van der Waals surface area contributed by atoms with E-state index < -0.39 is 11.9 Å². The van der Waals surface area contributed by atoms with Gasteiger partial charge >= 0.3 is 5.97 Å². The van der Waals surface area contributed by atoms with Gasteiger partial charge in [-0.25, -0.2) is 4.79 Å². The van der Waals surface area contributed by atoms with Gasteiger partial charge in [0.1, 0.15) is 6.61 Å². The fraction of sp³-hybridized carbons (Fsp3) is 0.207. The van der Waals surface area contributed by atoms with Gasteiger partial charge in [0, 0.05) is 28.9 Å². The van der Waals surface area contributed by atoms with E-state index in [1.807, 2.05) is 42.5 Å². The largest absolute Gasteiger partial charge is 0.460 e. The van der Waals surface area contributed by atoms with Crippen molar-refractivity contribution in [2.24, 2.45) is 0 Å². The molecule has 0 aliphatic carbocycles. The van der Waals surface area contributed by atoms with E-state index in [-0.39, 0.29) is 24.9 Å². The number of hydrogen-bond donors (Lipinski definition) is 2. The van der Waals surface area contributed by atoms with Crippen molar-refractivity contribution < 1.29 is 19.1 Å². The van der Waals surface area contributed by atoms with Crippen LogP contribution in [-0.2, 0) is 19.1 Å². The van der Waals surface area contributed by atoms with E-state index in [1.165, 1.54) is 18.9 Å². The number of hydrogen-bond acceptors (Lipinski definition) is 7. The van der Waals surface area contributed by atoms with Gasteiger partial charge in [0.15, 0.2) is 0 Å². The van der Waals surface area contributed by atoms with Crippen molar-refractivity contribution in [1.29, 1.82) is 5.26 Å². The number of nitriles is 1. The molecule has 0 unspecified atom stereocenters. The Hall–Kier alpha value is -3.77. The van der Waals surface area contributed by atoms with Crippen LogP contribution in [0.25, 0.3) is 10.8 Å². The topological polar surface area (TPSA) is 100 Å². The summed E-state index contributed by atoms with van der Waals surface area (Å²) in [4.78, 5) is 26.0. The summed E-state index contributed by atoms with van der Waals surface area (Å²) in [5.41, 5.74) is 2.62. The van der Waals surface area contributed by atoms with Crippen LogP contribution in [0.2, 0.25) is 5.02 Å². The Balaban J connectivity index is 1.59. The van der Waals surface area contributed by atoms with Crippen molar-refractivity contribution in [2.75, 3.05) is 31.4 Å². The van der Waals surface area contributed by atoms with E-state index in [4.69, 9.17) is 21.1 Å². The van der Waals surface area contributed by atoms with Gasteiger partial charge < -0.3 is 20.1 Å². The number of ether oxygens (including phenoxy) is 2. The third kappa shape index (κ3) is 6.20. The van der Waals surface area contributed by atoms with Gasteiger partial charge in [-0.15, -0.1) is 0 Å². The zero-order valence-electron chi connectivity index (χ0n) is 20.9. The van der Waals surface area contributed by atoms with E-state index in [2.05, 4.69) is 16.7 Å². The molecule has 1 atom stereocenters. The molecule has 3 aromatic rings. The van der Waals surface area contributed by atoms with Crippen molar-refractivity contribution in [2.45, 2.75) is 12.8 Å². The fourth-order valence-electron chi connectivity index (χ4n) is 4.24. The number of anilines is 1. The Labute approximate surface area is 230 Å². The molecule has 2 N–H and O–H groups in total. The minimum atomic E-state index is -0.683. The summed E-state index contributed by atoms with van der Waals surface area (Å²) in [7, 11) is 1.52. The first-order chi connectivity index (χ1) is 18.4. The van der Waals surface area contributed by atoms with Crippen LogP contribution in [0.15, 0.2) is 88.6 Å². The Morgan fingerprint density at radius 1 is 1.08 bits per heavy atom. The Morgan fingerprint density at radius 2 is 1.82 bits per heavy atom. The van der Waals surface area contributed by atoms with E-state index in [1.54, 1.807) is 31.2 Å². The highest BCUT2D eigenvalue weighted by molar-refractivity contribution is 8.03. The molecule has 0 radical (unpaired) electrons. The van der Waals surface area contributed by atoms with Gasteiger partial charge in [-0.2, -0.15) is 5.26 Å². The maximum absolute atomic E-state index is 13.1. The minimum absolute atomic E-state index is 0.0605. The molecular formula is C29H26ClN3O4S. The number of methoxy groups -OCH3 is 1. The third-order valence-electron chi connectivity index (χ3n) is 6.00. The summed E-state index contributed by atoms with van der Waals surface area (Å²) in [6, 6.07) is 22.8. The summed E-state index contributed by atoms with van der Waals surface area (Å²) < 4.78 is 10.4. The fourth-order valence-corrected chi connectivity index (χ4v) is 5.26. The first kappa shape index (κ1) is 27.3. The number of nitrogens with zero attached hydrogens (tertiary/aromatic N) is 1. The molecule has 0 spiro atoms. The number of fused-ring (bicyclic) bond motifs is 1. The second-order valence-corrected chi connectivity index (χ2v) is 9.92. The molecular weight excluding hydrogens is 522 g/mol. The van der Waals surface area contributed by atoms with Crippen LogP contribution >= 0.6 is 23.4 Å². The van der Waals surface area contributed by atoms with Crippen LogP contribution < -0.4 is 10.6 Å². The average Bonchev–Trinajstić information content (AvgIpc) is 2.92. The summed E-state index contributed by atoms with van der Waals surface area (Å²) >= 11 is 7.30. The number of thioether (sulfide) groups is 1. The summed E-state index contributed by atoms with van der Waals surface area (Å²) in [5.74, 6) is -1.38. The van der Waals surface area contributed by atoms with Crippen LogP contribution in [0.1, 0.15) is 18.4 Å². The molecule has 38 heavy (non-hydrogen) atoms. The van der Waals surface area contributed by atoms with E-state index in [0.29, 0.717) is 32.5 Å². The summed E-state index contributed by atoms with van der Waals surface area (Å²) in [6.45, 7) is 2.09. The molecule has 194 valence electrons. The number of rotatable bonds is 9. The van der Waals surface area contributed by atoms with Crippen molar-refractivity contribution in [3.05, 3.63) is 99.2 Å². The molecule has 0 aromatic heterocycles. The molecule has 1 amide bonds. The minimum Gasteiger partial charge on any atom is -0.460 e. The Kier molecular flexibility index (Phi) is 9.08. The standard InChI is InChI=1S/C29H26ClN3O4S/c1-18-26(29(35)37-15-14-36-2)27(20-10-12-21(30)13-11-20)23(16-31)28(32-18)38-17-25(34)33-24-9-5-7-19-6-3-4-8-22(19)24/h3-13,27,32H,14-15,17H2,1-2H3,(H,33,34)/t27-/m1/s1. The number of carbonyl (C=O) groups excluding carboxylic acids is 2. The lowest BCUT2D eigenvalue weighted by molar-refractivity contribution is -0.140. The van der Waals surface area contributed by atoms with Gasteiger partial charge in [0.05, 0.1) is 40.5 Å². The number of allylic oxidation sites excluding steroid dienone is 2. The molecule has 7 nitrogen and oxygen atoms in total. The SMILES string of the molecule is COCCOC(=O)C1=C(C)NC(SCC(=O)Nc2cccc3ccccc23)=C(C#N)[C@H]1c1ccc(Cl)cc1. The van der Waals surface area contributed by atoms with Crippen molar-refractivity contribution in [3.63, 3.8) is 0 Å². The molecule has 9 heteroatoms. The maximum Gasteiger partial charge on any atom is 0.336 e. The third-order valence-corrected chi connectivity index (χ3v) is 7.27. The molecule has 0 saturated carbocycles. The van der Waals surface area contributed by atoms with Crippen LogP contribution in [0.4, 0.5) is 5.69 Å². The Morgan fingerprint density at radius 3 is 2.55 bits per heavy atom. The first-order valence-electron chi connectivity index (χ1n) is 11.9. The predicted molar refractivity (Wildman–Crippen MR) is 151 cm³/mol. The van der Waals surface area contributed by atoms with E-state index >= 15 is 0 Å². The zero-order chi connectivity index (χ0) is 27.1.